The Hall–Kier alpha value is -2.47. The second-order valence-electron chi connectivity index (χ2n) is 6.71. The predicted molar refractivity (Wildman–Crippen MR) is 109 cm³/mol. The van der Waals surface area contributed by atoms with E-state index in [2.05, 4.69) is 17.6 Å². The van der Waals surface area contributed by atoms with E-state index >= 15 is 0 Å². The van der Waals surface area contributed by atoms with Crippen LogP contribution in [0, 0.1) is 0 Å². The third-order valence-electron chi connectivity index (χ3n) is 4.61. The van der Waals surface area contributed by atoms with E-state index in [-0.39, 0.29) is 23.3 Å². The molecule has 0 radical (unpaired) electrons. The van der Waals surface area contributed by atoms with E-state index in [1.807, 2.05) is 42.5 Å². The van der Waals surface area contributed by atoms with Crippen LogP contribution in [-0.4, -0.2) is 27.5 Å². The smallest absolute Gasteiger partial charge is 0.237 e. The molecule has 2 N–H and O–H groups in total. The van der Waals surface area contributed by atoms with Crippen LogP contribution >= 0.6 is 0 Å². The Labute approximate surface area is 162 Å². The summed E-state index contributed by atoms with van der Waals surface area (Å²) in [7, 11) is -1.56. The molecule has 0 bridgehead atoms. The summed E-state index contributed by atoms with van der Waals surface area (Å²) in [6.45, 7) is 2.06. The van der Waals surface area contributed by atoms with Gasteiger partial charge < -0.3 is 10.6 Å². The maximum atomic E-state index is 12.1. The largest absolute Gasteiger partial charge is 0.325 e. The van der Waals surface area contributed by atoms with E-state index < -0.39 is 10.8 Å². The lowest BCUT2D eigenvalue weighted by Gasteiger charge is -2.08. The summed E-state index contributed by atoms with van der Waals surface area (Å²) < 4.78 is 12.1. The van der Waals surface area contributed by atoms with Gasteiger partial charge in [-0.05, 0) is 66.6 Å². The van der Waals surface area contributed by atoms with Crippen molar-refractivity contribution >= 4 is 34.0 Å². The topological polar surface area (TPSA) is 75.3 Å². The molecule has 6 heteroatoms. The molecule has 5 nitrogen and oxygen atoms in total. The molecule has 1 atom stereocenters. The van der Waals surface area contributed by atoms with Gasteiger partial charge >= 0.3 is 0 Å². The number of amides is 2. The Kier molecular flexibility index (Phi) is 6.40. The summed E-state index contributed by atoms with van der Waals surface area (Å²) in [5.41, 5.74) is 5.16. The van der Waals surface area contributed by atoms with Crippen LogP contribution in [0.1, 0.15) is 30.0 Å². The molecular formula is C21H24N2O3S. The van der Waals surface area contributed by atoms with Gasteiger partial charge in [-0.3, -0.25) is 13.8 Å². The fourth-order valence-electron chi connectivity index (χ4n) is 3.21. The van der Waals surface area contributed by atoms with Gasteiger partial charge in [0.1, 0.15) is 11.5 Å². The molecule has 3 rings (SSSR count). The van der Waals surface area contributed by atoms with Gasteiger partial charge in [0, 0.05) is 22.2 Å². The Balaban J connectivity index is 1.46. The number of fused-ring (bicyclic) bond motifs is 1. The Morgan fingerprint density at radius 1 is 0.889 bits per heavy atom. The molecule has 2 aromatic carbocycles. The minimum absolute atomic E-state index is 0.195. The van der Waals surface area contributed by atoms with Gasteiger partial charge in [-0.25, -0.2) is 0 Å². The van der Waals surface area contributed by atoms with Crippen molar-refractivity contribution in [1.29, 1.82) is 0 Å². The summed E-state index contributed by atoms with van der Waals surface area (Å²) in [6.07, 6.45) is 4.19. The first-order chi connectivity index (χ1) is 13.0. The van der Waals surface area contributed by atoms with Crippen LogP contribution in [-0.2, 0) is 39.7 Å². The number of hydrogen-bond acceptors (Lipinski definition) is 3. The highest BCUT2D eigenvalue weighted by Gasteiger charge is 2.15. The Morgan fingerprint density at radius 2 is 1.48 bits per heavy atom. The number of anilines is 2. The average molecular weight is 385 g/mol. The first-order valence-corrected chi connectivity index (χ1v) is 10.7. The van der Waals surface area contributed by atoms with Crippen LogP contribution in [0.25, 0.3) is 0 Å². The van der Waals surface area contributed by atoms with Gasteiger partial charge in [0.15, 0.2) is 0 Å². The number of benzene rings is 2. The lowest BCUT2D eigenvalue weighted by atomic mass is 10.1. The molecule has 1 aliphatic rings. The lowest BCUT2D eigenvalue weighted by molar-refractivity contribution is -0.114. The summed E-state index contributed by atoms with van der Waals surface area (Å²) in [4.78, 5) is 24.1. The van der Waals surface area contributed by atoms with Crippen molar-refractivity contribution in [3.05, 3.63) is 59.2 Å². The Morgan fingerprint density at radius 3 is 2.15 bits per heavy atom. The van der Waals surface area contributed by atoms with Gasteiger partial charge in [0.05, 0.1) is 0 Å². The molecule has 0 fully saturated rings. The number of carbonyl (C=O) groups is 2. The minimum atomic E-state index is -1.56. The fraction of sp³-hybridized carbons (Fsp3) is 0.333. The van der Waals surface area contributed by atoms with E-state index in [4.69, 9.17) is 0 Å². The lowest BCUT2D eigenvalue weighted by Crippen LogP contribution is -2.26. The van der Waals surface area contributed by atoms with Crippen molar-refractivity contribution < 1.29 is 13.8 Å². The quantitative estimate of drug-likeness (QED) is 0.770. The monoisotopic (exact) mass is 384 g/mol. The molecule has 1 aliphatic carbocycles. The maximum absolute atomic E-state index is 12.1. The van der Waals surface area contributed by atoms with Crippen molar-refractivity contribution in [1.82, 2.24) is 0 Å². The van der Waals surface area contributed by atoms with E-state index in [1.54, 1.807) is 0 Å². The first-order valence-electron chi connectivity index (χ1n) is 9.19. The number of nitrogens with one attached hydrogen (secondary N) is 2. The molecular weight excluding hydrogens is 360 g/mol. The molecule has 0 saturated heterocycles. The number of aryl methyl sites for hydroxylation is 3. The summed E-state index contributed by atoms with van der Waals surface area (Å²) in [6, 6.07) is 13.4. The molecule has 0 heterocycles. The van der Waals surface area contributed by atoms with Crippen molar-refractivity contribution in [3.63, 3.8) is 0 Å². The maximum Gasteiger partial charge on any atom is 0.237 e. The van der Waals surface area contributed by atoms with Crippen molar-refractivity contribution in [2.24, 2.45) is 0 Å². The number of carbonyl (C=O) groups excluding carboxylic acids is 2. The van der Waals surface area contributed by atoms with E-state index in [9.17, 15) is 13.8 Å². The molecule has 142 valence electrons. The molecule has 27 heavy (non-hydrogen) atoms. The second-order valence-corrected chi connectivity index (χ2v) is 8.17. The summed E-state index contributed by atoms with van der Waals surface area (Å²) in [5, 5.41) is 5.49. The molecule has 1 unspecified atom stereocenters. The molecule has 0 spiro atoms. The summed E-state index contributed by atoms with van der Waals surface area (Å²) in [5.74, 6) is -1.10. The van der Waals surface area contributed by atoms with Gasteiger partial charge in [0.25, 0.3) is 0 Å². The van der Waals surface area contributed by atoms with Crippen LogP contribution in [0.3, 0.4) is 0 Å². The number of rotatable bonds is 7. The highest BCUT2D eigenvalue weighted by molar-refractivity contribution is 7.86. The standard InChI is InChI=1S/C21H24N2O3S/c1-2-15-6-9-18(10-7-15)22-20(24)13-27(26)14-21(25)23-19-11-8-16-4-3-5-17(16)12-19/h6-12H,2-5,13-14H2,1H3,(H,22,24)(H,23,25). The van der Waals surface area contributed by atoms with Crippen LogP contribution in [0.15, 0.2) is 42.5 Å². The van der Waals surface area contributed by atoms with Crippen LogP contribution in [0.2, 0.25) is 0 Å². The normalized spacial score (nSPS) is 13.7. The zero-order chi connectivity index (χ0) is 19.2. The predicted octanol–water partition coefficient (Wildman–Crippen LogP) is 3.06. The SMILES string of the molecule is CCc1ccc(NC(=O)CS(=O)CC(=O)Nc2ccc3c(c2)CCC3)cc1. The van der Waals surface area contributed by atoms with Crippen LogP contribution in [0.4, 0.5) is 11.4 Å². The highest BCUT2D eigenvalue weighted by Crippen LogP contribution is 2.24. The first kappa shape index (κ1) is 19.3. The van der Waals surface area contributed by atoms with Crippen LogP contribution < -0.4 is 10.6 Å². The zero-order valence-corrected chi connectivity index (χ0v) is 16.2. The third kappa shape index (κ3) is 5.50. The molecule has 2 amide bonds. The van der Waals surface area contributed by atoms with Gasteiger partial charge in [0.2, 0.25) is 11.8 Å². The van der Waals surface area contributed by atoms with Gasteiger partial charge in [-0.2, -0.15) is 0 Å². The number of hydrogen-bond donors (Lipinski definition) is 2. The Bertz CT molecular complexity index is 862. The van der Waals surface area contributed by atoms with Crippen LogP contribution in [0.5, 0.6) is 0 Å². The van der Waals surface area contributed by atoms with E-state index in [0.717, 1.165) is 31.4 Å². The van der Waals surface area contributed by atoms with Crippen molar-refractivity contribution in [2.45, 2.75) is 32.6 Å². The van der Waals surface area contributed by atoms with Gasteiger partial charge in [-0.1, -0.05) is 25.1 Å². The fourth-order valence-corrected chi connectivity index (χ4v) is 4.04. The minimum Gasteiger partial charge on any atom is -0.325 e. The zero-order valence-electron chi connectivity index (χ0n) is 15.4. The van der Waals surface area contributed by atoms with Crippen molar-refractivity contribution in [2.75, 3.05) is 22.1 Å². The summed E-state index contributed by atoms with van der Waals surface area (Å²) >= 11 is 0. The van der Waals surface area contributed by atoms with E-state index in [1.165, 1.54) is 16.7 Å². The molecule has 2 aromatic rings. The molecule has 0 aromatic heterocycles. The molecule has 0 aliphatic heterocycles. The highest BCUT2D eigenvalue weighted by atomic mass is 32.2. The molecule has 0 saturated carbocycles. The van der Waals surface area contributed by atoms with Gasteiger partial charge in [-0.15, -0.1) is 0 Å². The van der Waals surface area contributed by atoms with E-state index in [0.29, 0.717) is 5.69 Å². The van der Waals surface area contributed by atoms with Crippen molar-refractivity contribution in [3.8, 4) is 0 Å². The third-order valence-corrected chi connectivity index (χ3v) is 5.78. The second kappa shape index (κ2) is 8.95. The average Bonchev–Trinajstić information content (AvgIpc) is 3.09.